The zero-order valence-electron chi connectivity index (χ0n) is 13.2. The Hall–Kier alpha value is -2.06. The van der Waals surface area contributed by atoms with Crippen molar-refractivity contribution in [3.8, 4) is 5.88 Å². The molecular weight excluding hydrogens is 301 g/mol. The van der Waals surface area contributed by atoms with Gasteiger partial charge in [0, 0.05) is 30.8 Å². The van der Waals surface area contributed by atoms with Crippen LogP contribution in [0.5, 0.6) is 5.88 Å². The van der Waals surface area contributed by atoms with Gasteiger partial charge in [-0.15, -0.1) is 0 Å². The fourth-order valence-corrected chi connectivity index (χ4v) is 2.63. The summed E-state index contributed by atoms with van der Waals surface area (Å²) in [6, 6.07) is 1.67. The number of ether oxygens (including phenoxy) is 2. The minimum absolute atomic E-state index is 0.00470. The molecule has 3 rings (SSSR count). The highest BCUT2D eigenvalue weighted by Gasteiger charge is 2.32. The molecule has 1 aliphatic rings. The third-order valence-corrected chi connectivity index (χ3v) is 3.98. The fourth-order valence-electron chi connectivity index (χ4n) is 2.63. The van der Waals surface area contributed by atoms with Gasteiger partial charge in [-0.05, 0) is 6.07 Å². The van der Waals surface area contributed by atoms with E-state index in [1.54, 1.807) is 6.07 Å². The van der Waals surface area contributed by atoms with Crippen molar-refractivity contribution in [2.24, 2.45) is 0 Å². The summed E-state index contributed by atoms with van der Waals surface area (Å²) in [7, 11) is 1.40. The normalized spacial score (nSPS) is 20.8. The zero-order chi connectivity index (χ0) is 16.2. The van der Waals surface area contributed by atoms with Crippen molar-refractivity contribution in [1.29, 1.82) is 0 Å². The van der Waals surface area contributed by atoms with Crippen LogP contribution in [0.15, 0.2) is 12.3 Å². The summed E-state index contributed by atoms with van der Waals surface area (Å²) in [5.74, 6) is 1.22. The Morgan fingerprint density at radius 3 is 3.09 bits per heavy atom. The van der Waals surface area contributed by atoms with E-state index in [-0.39, 0.29) is 17.8 Å². The van der Waals surface area contributed by atoms with E-state index >= 15 is 0 Å². The Labute approximate surface area is 133 Å². The van der Waals surface area contributed by atoms with Crippen molar-refractivity contribution >= 4 is 0 Å². The van der Waals surface area contributed by atoms with E-state index in [0.29, 0.717) is 25.3 Å². The second-order valence-electron chi connectivity index (χ2n) is 5.42. The molecule has 0 bridgehead atoms. The maximum atomic E-state index is 14.1. The van der Waals surface area contributed by atoms with Crippen molar-refractivity contribution in [1.82, 2.24) is 25.5 Å². The summed E-state index contributed by atoms with van der Waals surface area (Å²) in [4.78, 5) is 8.31. The molecule has 2 aromatic heterocycles. The lowest BCUT2D eigenvalue weighted by molar-refractivity contribution is 0.187. The highest BCUT2D eigenvalue weighted by atomic mass is 19.1. The van der Waals surface area contributed by atoms with E-state index in [1.807, 2.05) is 6.92 Å². The van der Waals surface area contributed by atoms with E-state index in [4.69, 9.17) is 9.47 Å². The average Bonchev–Trinajstić information content (AvgIpc) is 3.22. The quantitative estimate of drug-likeness (QED) is 0.831. The lowest BCUT2D eigenvalue weighted by atomic mass is 10.0. The first kappa shape index (κ1) is 15.8. The van der Waals surface area contributed by atoms with Crippen molar-refractivity contribution in [2.75, 3.05) is 20.3 Å². The van der Waals surface area contributed by atoms with Gasteiger partial charge in [-0.3, -0.25) is 5.10 Å². The van der Waals surface area contributed by atoms with Gasteiger partial charge in [0.15, 0.2) is 11.6 Å². The van der Waals surface area contributed by atoms with Gasteiger partial charge in [0.2, 0.25) is 5.88 Å². The number of halogens is 1. The molecule has 3 heterocycles. The maximum absolute atomic E-state index is 14.1. The Kier molecular flexibility index (Phi) is 4.82. The summed E-state index contributed by atoms with van der Waals surface area (Å²) < 4.78 is 24.6. The number of nitrogens with zero attached hydrogens (tertiary/aromatic N) is 3. The Balaban J connectivity index is 1.67. The molecule has 1 aliphatic heterocycles. The van der Waals surface area contributed by atoms with Gasteiger partial charge >= 0.3 is 0 Å². The van der Waals surface area contributed by atoms with Crippen LogP contribution >= 0.6 is 0 Å². The van der Waals surface area contributed by atoms with Crippen LogP contribution < -0.4 is 10.1 Å². The molecule has 2 atom stereocenters. The molecule has 0 saturated carbocycles. The van der Waals surface area contributed by atoms with E-state index < -0.39 is 5.82 Å². The number of aromatic nitrogens is 4. The molecule has 0 unspecified atom stereocenters. The van der Waals surface area contributed by atoms with Gasteiger partial charge < -0.3 is 14.8 Å². The Bertz CT molecular complexity index is 663. The number of rotatable bonds is 6. The first-order valence-electron chi connectivity index (χ1n) is 7.62. The highest BCUT2D eigenvalue weighted by molar-refractivity contribution is 5.23. The largest absolute Gasteiger partial charge is 0.479 e. The summed E-state index contributed by atoms with van der Waals surface area (Å²) in [5.41, 5.74) is 0.506. The Morgan fingerprint density at radius 1 is 1.48 bits per heavy atom. The first-order chi connectivity index (χ1) is 11.2. The first-order valence-corrected chi connectivity index (χ1v) is 7.62. The molecule has 1 fully saturated rings. The number of nitrogens with one attached hydrogen (secondary N) is 2. The number of aromatic amines is 1. The SMILES string of the molecule is CCc1nc([C@@H]2COC[C@@H]2NCc2ccnc(OC)c2F)n[nH]1. The van der Waals surface area contributed by atoms with Gasteiger partial charge in [-0.25, -0.2) is 14.4 Å². The number of hydrogen-bond acceptors (Lipinski definition) is 6. The molecule has 2 N–H and O–H groups in total. The number of H-pyrrole nitrogens is 1. The lowest BCUT2D eigenvalue weighted by Gasteiger charge is -2.17. The molecule has 23 heavy (non-hydrogen) atoms. The molecule has 0 radical (unpaired) electrons. The third kappa shape index (κ3) is 3.32. The summed E-state index contributed by atoms with van der Waals surface area (Å²) in [6.07, 6.45) is 2.34. The van der Waals surface area contributed by atoms with E-state index in [0.717, 1.165) is 18.1 Å². The molecule has 1 saturated heterocycles. The van der Waals surface area contributed by atoms with Crippen molar-refractivity contribution in [3.05, 3.63) is 35.3 Å². The highest BCUT2D eigenvalue weighted by Crippen LogP contribution is 2.24. The summed E-state index contributed by atoms with van der Waals surface area (Å²) in [5, 5.41) is 10.5. The van der Waals surface area contributed by atoms with Crippen LogP contribution in [0.4, 0.5) is 4.39 Å². The molecular formula is C15H20FN5O2. The van der Waals surface area contributed by atoms with Gasteiger partial charge in [-0.2, -0.15) is 5.10 Å². The van der Waals surface area contributed by atoms with Crippen LogP contribution in [-0.4, -0.2) is 46.5 Å². The van der Waals surface area contributed by atoms with Crippen molar-refractivity contribution in [2.45, 2.75) is 31.8 Å². The molecule has 0 amide bonds. The number of methoxy groups -OCH3 is 1. The monoisotopic (exact) mass is 321 g/mol. The summed E-state index contributed by atoms with van der Waals surface area (Å²) in [6.45, 7) is 3.48. The standard InChI is InChI=1S/C15H20FN5O2/c1-3-12-19-14(21-20-12)10-7-23-8-11(10)18-6-9-4-5-17-15(22-2)13(9)16/h4-5,10-11,18H,3,6-8H2,1-2H3,(H,19,20,21)/t10-,11+/m1/s1. The second-order valence-corrected chi connectivity index (χ2v) is 5.42. The van der Waals surface area contributed by atoms with Crippen molar-refractivity contribution < 1.29 is 13.9 Å². The maximum Gasteiger partial charge on any atom is 0.250 e. The predicted molar refractivity (Wildman–Crippen MR) is 80.7 cm³/mol. The third-order valence-electron chi connectivity index (χ3n) is 3.98. The van der Waals surface area contributed by atoms with Crippen molar-refractivity contribution in [3.63, 3.8) is 0 Å². The zero-order valence-corrected chi connectivity index (χ0v) is 13.2. The van der Waals surface area contributed by atoms with E-state index in [2.05, 4.69) is 25.5 Å². The molecule has 124 valence electrons. The Morgan fingerprint density at radius 2 is 2.35 bits per heavy atom. The predicted octanol–water partition coefficient (Wildman–Crippen LogP) is 1.18. The minimum atomic E-state index is -0.441. The molecule has 7 nitrogen and oxygen atoms in total. The number of hydrogen-bond donors (Lipinski definition) is 2. The smallest absolute Gasteiger partial charge is 0.250 e. The van der Waals surface area contributed by atoms with Crippen LogP contribution in [-0.2, 0) is 17.7 Å². The number of aryl methyl sites for hydroxylation is 1. The second kappa shape index (κ2) is 7.01. The lowest BCUT2D eigenvalue weighted by Crippen LogP contribution is -2.34. The van der Waals surface area contributed by atoms with Crippen LogP contribution in [0.2, 0.25) is 0 Å². The molecule has 0 spiro atoms. The molecule has 2 aromatic rings. The minimum Gasteiger partial charge on any atom is -0.479 e. The topological polar surface area (TPSA) is 84.9 Å². The molecule has 0 aromatic carbocycles. The van der Waals surface area contributed by atoms with Gasteiger partial charge in [-0.1, -0.05) is 6.92 Å². The van der Waals surface area contributed by atoms with E-state index in [1.165, 1.54) is 13.3 Å². The van der Waals surface area contributed by atoms with Crippen LogP contribution in [0, 0.1) is 5.82 Å². The van der Waals surface area contributed by atoms with E-state index in [9.17, 15) is 4.39 Å². The van der Waals surface area contributed by atoms with Crippen LogP contribution in [0.1, 0.15) is 30.1 Å². The van der Waals surface area contributed by atoms with Gasteiger partial charge in [0.1, 0.15) is 5.82 Å². The molecule has 0 aliphatic carbocycles. The van der Waals surface area contributed by atoms with Crippen LogP contribution in [0.25, 0.3) is 0 Å². The fraction of sp³-hybridized carbons (Fsp3) is 0.533. The molecule has 8 heteroatoms. The van der Waals surface area contributed by atoms with Gasteiger partial charge in [0.25, 0.3) is 0 Å². The average molecular weight is 321 g/mol. The summed E-state index contributed by atoms with van der Waals surface area (Å²) >= 11 is 0. The number of pyridine rings is 1. The van der Waals surface area contributed by atoms with Crippen LogP contribution in [0.3, 0.4) is 0 Å². The van der Waals surface area contributed by atoms with Gasteiger partial charge in [0.05, 0.1) is 26.2 Å².